The molecule has 6 nitrogen and oxygen atoms in total. The maximum atomic E-state index is 11.2. The van der Waals surface area contributed by atoms with Crippen LogP contribution in [0.2, 0.25) is 0 Å². The summed E-state index contributed by atoms with van der Waals surface area (Å²) in [7, 11) is 0. The van der Waals surface area contributed by atoms with Crippen LogP contribution in [0.1, 0.15) is 57.4 Å². The molecule has 1 aliphatic heterocycles. The SMILES string of the molecule is CCCCCCOc1cc(O)c(-c2nc(-c3ccccc3)nc(-c3ccccc3)n2)cc1CN1CCCCC1. The second-order valence-corrected chi connectivity index (χ2v) is 10.3. The molecule has 5 rings (SSSR count). The zero-order valence-electron chi connectivity index (χ0n) is 22.9. The van der Waals surface area contributed by atoms with Gasteiger partial charge in [0, 0.05) is 29.3 Å². The molecule has 0 amide bonds. The molecule has 0 bridgehead atoms. The highest BCUT2D eigenvalue weighted by molar-refractivity contribution is 5.71. The van der Waals surface area contributed by atoms with E-state index < -0.39 is 0 Å². The highest BCUT2D eigenvalue weighted by atomic mass is 16.5. The Hall–Kier alpha value is -3.77. The number of aromatic hydroxyl groups is 1. The van der Waals surface area contributed by atoms with Crippen LogP contribution >= 0.6 is 0 Å². The first-order valence-corrected chi connectivity index (χ1v) is 14.3. The van der Waals surface area contributed by atoms with Gasteiger partial charge in [-0.1, -0.05) is 93.3 Å². The number of likely N-dealkylation sites (tertiary alicyclic amines) is 1. The number of hydrogen-bond acceptors (Lipinski definition) is 6. The first-order chi connectivity index (χ1) is 19.2. The van der Waals surface area contributed by atoms with E-state index in [0.717, 1.165) is 54.9 Å². The molecule has 4 aromatic rings. The molecule has 0 unspecified atom stereocenters. The lowest BCUT2D eigenvalue weighted by Gasteiger charge is -2.27. The Morgan fingerprint density at radius 3 is 1.97 bits per heavy atom. The molecule has 1 fully saturated rings. The van der Waals surface area contributed by atoms with Crippen molar-refractivity contribution in [2.24, 2.45) is 0 Å². The predicted molar refractivity (Wildman–Crippen MR) is 157 cm³/mol. The number of ether oxygens (including phenoxy) is 1. The van der Waals surface area contributed by atoms with E-state index in [0.29, 0.717) is 29.6 Å². The standard InChI is InChI=1S/C33H38N4O2/c1-2-3-4-14-21-39-30-23-29(38)28(22-27(30)24-37-19-12-7-13-20-37)33-35-31(25-15-8-5-9-16-25)34-32(36-33)26-17-10-6-11-18-26/h5-6,8-11,15-18,22-23,38H,2-4,7,12-14,19-21,24H2,1H3. The van der Waals surface area contributed by atoms with Crippen molar-refractivity contribution in [2.45, 2.75) is 58.4 Å². The van der Waals surface area contributed by atoms with E-state index in [9.17, 15) is 5.11 Å². The lowest BCUT2D eigenvalue weighted by molar-refractivity contribution is 0.215. The van der Waals surface area contributed by atoms with Gasteiger partial charge in [-0.2, -0.15) is 0 Å². The number of hydrogen-bond donors (Lipinski definition) is 1. The van der Waals surface area contributed by atoms with Crippen LogP contribution in [-0.2, 0) is 6.54 Å². The summed E-state index contributed by atoms with van der Waals surface area (Å²) >= 11 is 0. The fourth-order valence-electron chi connectivity index (χ4n) is 5.05. The van der Waals surface area contributed by atoms with Crippen molar-refractivity contribution in [3.05, 3.63) is 78.4 Å². The molecule has 1 aliphatic rings. The third kappa shape index (κ3) is 7.01. The van der Waals surface area contributed by atoms with Crippen molar-refractivity contribution in [1.82, 2.24) is 19.9 Å². The number of unbranched alkanes of at least 4 members (excludes halogenated alkanes) is 3. The lowest BCUT2D eigenvalue weighted by Crippen LogP contribution is -2.29. The molecule has 1 saturated heterocycles. The van der Waals surface area contributed by atoms with E-state index in [1.165, 1.54) is 32.1 Å². The molecular weight excluding hydrogens is 484 g/mol. The topological polar surface area (TPSA) is 71.4 Å². The van der Waals surface area contributed by atoms with Crippen molar-refractivity contribution in [1.29, 1.82) is 0 Å². The summed E-state index contributed by atoms with van der Waals surface area (Å²) in [6.45, 7) is 5.79. The molecule has 0 aliphatic carbocycles. The van der Waals surface area contributed by atoms with Gasteiger partial charge < -0.3 is 9.84 Å². The fourth-order valence-corrected chi connectivity index (χ4v) is 5.05. The number of piperidine rings is 1. The summed E-state index contributed by atoms with van der Waals surface area (Å²) in [4.78, 5) is 16.9. The number of rotatable bonds is 11. The smallest absolute Gasteiger partial charge is 0.167 e. The predicted octanol–water partition coefficient (Wildman–Crippen LogP) is 7.52. The number of nitrogens with zero attached hydrogens (tertiary/aromatic N) is 4. The van der Waals surface area contributed by atoms with Crippen molar-refractivity contribution < 1.29 is 9.84 Å². The minimum Gasteiger partial charge on any atom is -0.507 e. The summed E-state index contributed by atoms with van der Waals surface area (Å²) in [5.41, 5.74) is 3.46. The summed E-state index contributed by atoms with van der Waals surface area (Å²) in [6.07, 6.45) is 8.27. The largest absolute Gasteiger partial charge is 0.507 e. The van der Waals surface area contributed by atoms with Crippen molar-refractivity contribution >= 4 is 0 Å². The molecule has 0 atom stereocenters. The first kappa shape index (κ1) is 26.8. The lowest BCUT2D eigenvalue weighted by atomic mass is 10.0. The van der Waals surface area contributed by atoms with Crippen molar-refractivity contribution in [3.63, 3.8) is 0 Å². The number of phenols is 1. The van der Waals surface area contributed by atoms with Gasteiger partial charge in [-0.3, -0.25) is 4.90 Å². The number of benzene rings is 3. The van der Waals surface area contributed by atoms with Crippen LogP contribution < -0.4 is 4.74 Å². The van der Waals surface area contributed by atoms with Crippen LogP contribution in [0.25, 0.3) is 34.2 Å². The van der Waals surface area contributed by atoms with Crippen LogP contribution in [0.15, 0.2) is 72.8 Å². The molecule has 1 aromatic heterocycles. The van der Waals surface area contributed by atoms with Crippen molar-refractivity contribution in [3.8, 4) is 45.7 Å². The fraction of sp³-hybridized carbons (Fsp3) is 0.364. The first-order valence-electron chi connectivity index (χ1n) is 14.3. The summed E-state index contributed by atoms with van der Waals surface area (Å²) in [5, 5.41) is 11.2. The highest BCUT2D eigenvalue weighted by Crippen LogP contribution is 2.36. The Morgan fingerprint density at radius 1 is 0.744 bits per heavy atom. The third-order valence-electron chi connectivity index (χ3n) is 7.22. The summed E-state index contributed by atoms with van der Waals surface area (Å²) in [6, 6.07) is 23.6. The zero-order chi connectivity index (χ0) is 26.9. The number of phenolic OH excluding ortho intramolecular Hbond substituents is 1. The van der Waals surface area contributed by atoms with Crippen LogP contribution in [0, 0.1) is 0 Å². The molecule has 1 N–H and O–H groups in total. The summed E-state index contributed by atoms with van der Waals surface area (Å²) in [5.74, 6) is 2.47. The molecule has 39 heavy (non-hydrogen) atoms. The van der Waals surface area contributed by atoms with Gasteiger partial charge in [0.25, 0.3) is 0 Å². The van der Waals surface area contributed by atoms with Crippen LogP contribution in [0.3, 0.4) is 0 Å². The Bertz CT molecular complexity index is 1280. The molecule has 6 heteroatoms. The van der Waals surface area contributed by atoms with E-state index >= 15 is 0 Å². The third-order valence-corrected chi connectivity index (χ3v) is 7.22. The second kappa shape index (κ2) is 13.3. The molecular formula is C33H38N4O2. The highest BCUT2D eigenvalue weighted by Gasteiger charge is 2.20. The quantitative estimate of drug-likeness (QED) is 0.205. The van der Waals surface area contributed by atoms with Gasteiger partial charge in [-0.25, -0.2) is 15.0 Å². The van der Waals surface area contributed by atoms with Gasteiger partial charge in [-0.05, 0) is 38.4 Å². The van der Waals surface area contributed by atoms with Gasteiger partial charge in [-0.15, -0.1) is 0 Å². The normalized spacial score (nSPS) is 13.9. The summed E-state index contributed by atoms with van der Waals surface area (Å²) < 4.78 is 6.24. The van der Waals surface area contributed by atoms with E-state index in [1.54, 1.807) is 6.07 Å². The molecule has 2 heterocycles. The Morgan fingerprint density at radius 2 is 1.36 bits per heavy atom. The second-order valence-electron chi connectivity index (χ2n) is 10.3. The van der Waals surface area contributed by atoms with Gasteiger partial charge >= 0.3 is 0 Å². The van der Waals surface area contributed by atoms with Crippen LogP contribution in [0.5, 0.6) is 11.5 Å². The average Bonchev–Trinajstić information content (AvgIpc) is 2.99. The Labute approximate surface area is 231 Å². The van der Waals surface area contributed by atoms with Crippen LogP contribution in [-0.4, -0.2) is 44.7 Å². The van der Waals surface area contributed by atoms with E-state index in [1.807, 2.05) is 66.7 Å². The molecule has 0 radical (unpaired) electrons. The Balaban J connectivity index is 1.55. The maximum Gasteiger partial charge on any atom is 0.167 e. The maximum absolute atomic E-state index is 11.2. The van der Waals surface area contributed by atoms with E-state index in [4.69, 9.17) is 19.7 Å². The minimum absolute atomic E-state index is 0.116. The molecule has 0 saturated carbocycles. The zero-order valence-corrected chi connectivity index (χ0v) is 22.9. The van der Waals surface area contributed by atoms with Gasteiger partial charge in [0.2, 0.25) is 0 Å². The van der Waals surface area contributed by atoms with E-state index in [-0.39, 0.29) is 5.75 Å². The van der Waals surface area contributed by atoms with Crippen LogP contribution in [0.4, 0.5) is 0 Å². The van der Waals surface area contributed by atoms with E-state index in [2.05, 4.69) is 11.8 Å². The minimum atomic E-state index is 0.116. The van der Waals surface area contributed by atoms with Crippen molar-refractivity contribution in [2.75, 3.05) is 19.7 Å². The molecule has 0 spiro atoms. The Kier molecular flexibility index (Phi) is 9.17. The van der Waals surface area contributed by atoms with Gasteiger partial charge in [0.15, 0.2) is 17.5 Å². The number of aromatic nitrogens is 3. The average molecular weight is 523 g/mol. The van der Waals surface area contributed by atoms with Gasteiger partial charge in [0.1, 0.15) is 11.5 Å². The van der Waals surface area contributed by atoms with Gasteiger partial charge in [0.05, 0.1) is 12.2 Å². The monoisotopic (exact) mass is 522 g/mol. The molecule has 202 valence electrons. The molecule has 3 aromatic carbocycles.